The van der Waals surface area contributed by atoms with Crippen LogP contribution < -0.4 is 5.73 Å². The molecule has 0 aliphatic carbocycles. The van der Waals surface area contributed by atoms with Crippen molar-refractivity contribution < 1.29 is 8.42 Å². The molecule has 1 atom stereocenters. The Labute approximate surface area is 135 Å². The van der Waals surface area contributed by atoms with Crippen LogP contribution >= 0.6 is 23.2 Å². The maximum absolute atomic E-state index is 12.8. The van der Waals surface area contributed by atoms with Gasteiger partial charge in [0.15, 0.2) is 0 Å². The van der Waals surface area contributed by atoms with Crippen LogP contribution in [-0.4, -0.2) is 50.8 Å². The first-order valence-corrected chi connectivity index (χ1v) is 8.81. The molecule has 0 bridgehead atoms. The van der Waals surface area contributed by atoms with E-state index in [4.69, 9.17) is 28.9 Å². The third-order valence-corrected chi connectivity index (χ3v) is 6.44. The number of nitrogens with two attached hydrogens (primary N) is 1. The second kappa shape index (κ2) is 6.40. The molecule has 0 spiro atoms. The van der Waals surface area contributed by atoms with E-state index in [1.165, 1.54) is 10.4 Å². The van der Waals surface area contributed by atoms with Crippen LogP contribution in [0.3, 0.4) is 0 Å². The fourth-order valence-corrected chi connectivity index (χ4v) is 4.85. The minimum absolute atomic E-state index is 0.0384. The van der Waals surface area contributed by atoms with E-state index in [2.05, 4.69) is 0 Å². The summed E-state index contributed by atoms with van der Waals surface area (Å²) < 4.78 is 27.0. The lowest BCUT2D eigenvalue weighted by molar-refractivity contribution is 0.302. The lowest BCUT2D eigenvalue weighted by Crippen LogP contribution is -2.34. The monoisotopic (exact) mass is 351 g/mol. The van der Waals surface area contributed by atoms with Gasteiger partial charge in [0.1, 0.15) is 4.90 Å². The highest BCUT2D eigenvalue weighted by atomic mass is 35.5. The van der Waals surface area contributed by atoms with Gasteiger partial charge in [-0.1, -0.05) is 23.2 Å². The molecule has 1 aromatic rings. The summed E-state index contributed by atoms with van der Waals surface area (Å²) >= 11 is 12.2. The van der Waals surface area contributed by atoms with E-state index in [0.29, 0.717) is 23.7 Å². The molecule has 0 radical (unpaired) electrons. The summed E-state index contributed by atoms with van der Waals surface area (Å²) in [6.07, 6.45) is 0.800. The molecule has 5 nitrogen and oxygen atoms in total. The van der Waals surface area contributed by atoms with E-state index in [9.17, 15) is 8.42 Å². The van der Waals surface area contributed by atoms with Crippen LogP contribution in [0.1, 0.15) is 12.0 Å². The van der Waals surface area contributed by atoms with Crippen LogP contribution in [0.25, 0.3) is 0 Å². The molecule has 1 saturated heterocycles. The van der Waals surface area contributed by atoms with E-state index in [0.717, 1.165) is 6.42 Å². The van der Waals surface area contributed by atoms with Gasteiger partial charge in [-0.25, -0.2) is 8.42 Å². The van der Waals surface area contributed by atoms with Crippen molar-refractivity contribution in [3.05, 3.63) is 27.7 Å². The van der Waals surface area contributed by atoms with Crippen LogP contribution in [0, 0.1) is 0 Å². The van der Waals surface area contributed by atoms with Gasteiger partial charge in [0.25, 0.3) is 0 Å². The molecule has 0 aromatic heterocycles. The molecule has 0 amide bonds. The third-order valence-electron chi connectivity index (χ3n) is 3.77. The second-order valence-corrected chi connectivity index (χ2v) is 8.07. The second-order valence-electron chi connectivity index (χ2n) is 5.35. The van der Waals surface area contributed by atoms with Crippen LogP contribution in [0.5, 0.6) is 0 Å². The molecule has 0 saturated carbocycles. The van der Waals surface area contributed by atoms with Crippen LogP contribution in [0.4, 0.5) is 0 Å². The van der Waals surface area contributed by atoms with E-state index >= 15 is 0 Å². The molecule has 1 heterocycles. The lowest BCUT2D eigenvalue weighted by Gasteiger charge is -2.21. The molecule has 8 heteroatoms. The average Bonchev–Trinajstić information content (AvgIpc) is 2.91. The van der Waals surface area contributed by atoms with Crippen molar-refractivity contribution in [1.82, 2.24) is 9.21 Å². The zero-order valence-corrected chi connectivity index (χ0v) is 14.3. The molecule has 1 unspecified atom stereocenters. The Morgan fingerprint density at radius 1 is 1.38 bits per heavy atom. The third kappa shape index (κ3) is 3.36. The summed E-state index contributed by atoms with van der Waals surface area (Å²) in [5.41, 5.74) is 6.12. The van der Waals surface area contributed by atoms with Crippen molar-refractivity contribution in [3.63, 3.8) is 0 Å². The predicted molar refractivity (Wildman–Crippen MR) is 85.2 cm³/mol. The summed E-state index contributed by atoms with van der Waals surface area (Å²) in [6.45, 7) is 1.07. The Morgan fingerprint density at radius 3 is 2.57 bits per heavy atom. The number of halogens is 2. The quantitative estimate of drug-likeness (QED) is 0.897. The van der Waals surface area contributed by atoms with E-state index < -0.39 is 10.0 Å². The first-order valence-electron chi connectivity index (χ1n) is 6.62. The average molecular weight is 352 g/mol. The highest BCUT2D eigenvalue weighted by molar-refractivity contribution is 7.89. The van der Waals surface area contributed by atoms with Gasteiger partial charge < -0.3 is 10.6 Å². The van der Waals surface area contributed by atoms with E-state index in [1.807, 2.05) is 19.0 Å². The van der Waals surface area contributed by atoms with Crippen molar-refractivity contribution in [2.24, 2.45) is 5.73 Å². The Kier molecular flexibility index (Phi) is 5.18. The summed E-state index contributed by atoms with van der Waals surface area (Å²) in [5, 5.41) is 0.483. The van der Waals surface area contributed by atoms with Gasteiger partial charge in [0.2, 0.25) is 10.0 Å². The van der Waals surface area contributed by atoms with E-state index in [-0.39, 0.29) is 22.5 Å². The first kappa shape index (κ1) is 17.0. The Bertz CT molecular complexity index is 635. The zero-order chi connectivity index (χ0) is 15.8. The van der Waals surface area contributed by atoms with Gasteiger partial charge in [0, 0.05) is 30.7 Å². The molecule has 1 aliphatic rings. The van der Waals surface area contributed by atoms with Crippen molar-refractivity contribution in [3.8, 4) is 0 Å². The van der Waals surface area contributed by atoms with Gasteiger partial charge >= 0.3 is 0 Å². The number of hydrogen-bond donors (Lipinski definition) is 1. The smallest absolute Gasteiger partial charge is 0.244 e. The highest BCUT2D eigenvalue weighted by Gasteiger charge is 2.35. The molecule has 2 rings (SSSR count). The number of rotatable bonds is 4. The van der Waals surface area contributed by atoms with Crippen LogP contribution in [0.15, 0.2) is 17.0 Å². The van der Waals surface area contributed by atoms with Crippen LogP contribution in [-0.2, 0) is 16.6 Å². The Hall–Kier alpha value is -0.370. The van der Waals surface area contributed by atoms with Crippen molar-refractivity contribution in [2.75, 3.05) is 27.2 Å². The fraction of sp³-hybridized carbons (Fsp3) is 0.538. The minimum atomic E-state index is -3.66. The predicted octanol–water partition coefficient (Wildman–Crippen LogP) is 1.78. The van der Waals surface area contributed by atoms with Gasteiger partial charge in [0.05, 0.1) is 5.02 Å². The molecule has 1 aromatic carbocycles. The Balaban J connectivity index is 2.39. The molecule has 2 N–H and O–H groups in total. The number of hydrogen-bond acceptors (Lipinski definition) is 4. The zero-order valence-electron chi connectivity index (χ0n) is 12.0. The number of likely N-dealkylation sites (N-methyl/N-ethyl adjacent to an activating group) is 1. The van der Waals surface area contributed by atoms with Crippen molar-refractivity contribution in [2.45, 2.75) is 23.9 Å². The van der Waals surface area contributed by atoms with Gasteiger partial charge in [-0.05, 0) is 38.2 Å². The molecular weight excluding hydrogens is 333 g/mol. The van der Waals surface area contributed by atoms with Crippen molar-refractivity contribution >= 4 is 33.2 Å². The van der Waals surface area contributed by atoms with Crippen molar-refractivity contribution in [1.29, 1.82) is 0 Å². The number of nitrogens with zero attached hydrogens (tertiary/aromatic N) is 2. The van der Waals surface area contributed by atoms with E-state index in [1.54, 1.807) is 6.07 Å². The first-order chi connectivity index (χ1) is 9.77. The fourth-order valence-electron chi connectivity index (χ4n) is 2.44. The normalized spacial score (nSPS) is 20.4. The molecular formula is C13H19Cl2N3O2S. The Morgan fingerprint density at radius 2 is 2.05 bits per heavy atom. The number of benzene rings is 1. The lowest BCUT2D eigenvalue weighted by atomic mass is 10.2. The molecule has 1 fully saturated rings. The standard InChI is InChI=1S/C13H19Cl2N3O2S/c1-17(2)11-3-4-18(8-11)21(19,20)12-6-10(14)5-9(7-16)13(12)15/h5-6,11H,3-4,7-8,16H2,1-2H3. The minimum Gasteiger partial charge on any atom is -0.326 e. The maximum atomic E-state index is 12.8. The summed E-state index contributed by atoms with van der Waals surface area (Å²) in [4.78, 5) is 2.07. The summed E-state index contributed by atoms with van der Waals surface area (Å²) in [5.74, 6) is 0. The van der Waals surface area contributed by atoms with Crippen LogP contribution in [0.2, 0.25) is 10.0 Å². The molecule has 21 heavy (non-hydrogen) atoms. The topological polar surface area (TPSA) is 66.6 Å². The summed E-state index contributed by atoms with van der Waals surface area (Å²) in [7, 11) is 0.232. The van der Waals surface area contributed by atoms with Gasteiger partial charge in [-0.15, -0.1) is 0 Å². The molecule has 1 aliphatic heterocycles. The van der Waals surface area contributed by atoms with Gasteiger partial charge in [-0.2, -0.15) is 4.31 Å². The maximum Gasteiger partial charge on any atom is 0.244 e. The number of sulfonamides is 1. The van der Waals surface area contributed by atoms with Gasteiger partial charge in [-0.3, -0.25) is 0 Å². The SMILES string of the molecule is CN(C)C1CCN(S(=O)(=O)c2cc(Cl)cc(CN)c2Cl)C1. The highest BCUT2D eigenvalue weighted by Crippen LogP contribution is 2.32. The summed E-state index contributed by atoms with van der Waals surface area (Å²) in [6, 6.07) is 3.20. The molecule has 118 valence electrons. The largest absolute Gasteiger partial charge is 0.326 e.